The molecule has 4 N–H and O–H groups in total. The zero-order chi connectivity index (χ0) is 45.5. The molecule has 9 rings (SSSR count). The van der Waals surface area contributed by atoms with Crippen LogP contribution in [-0.4, -0.2) is 106 Å². The Balaban J connectivity index is 0.993. The number of rotatable bonds is 13. The zero-order valence-electron chi connectivity index (χ0n) is 38.1. The van der Waals surface area contributed by atoms with Gasteiger partial charge in [-0.25, -0.2) is 19.6 Å². The molecule has 4 amide bonds. The Bertz CT molecular complexity index is 2550. The number of amides is 4. The molecule has 0 spiro atoms. The molecule has 3 aromatic carbocycles. The Morgan fingerprint density at radius 3 is 1.55 bits per heavy atom. The molecule has 16 nitrogen and oxygen atoms in total. The summed E-state index contributed by atoms with van der Waals surface area (Å²) in [6.45, 7) is 6.72. The third kappa shape index (κ3) is 8.72. The fraction of sp³-hybridized carbons (Fsp3) is 0.510. The van der Waals surface area contributed by atoms with Crippen molar-refractivity contribution in [2.45, 2.75) is 120 Å². The van der Waals surface area contributed by atoms with Crippen LogP contribution in [0.3, 0.4) is 0 Å². The molecular weight excluding hydrogens is 827 g/mol. The van der Waals surface area contributed by atoms with Crippen LogP contribution in [0, 0.1) is 5.92 Å². The minimum absolute atomic E-state index is 0.0672. The van der Waals surface area contributed by atoms with Gasteiger partial charge in [-0.05, 0) is 123 Å². The number of ether oxygens (including phenoxy) is 3. The van der Waals surface area contributed by atoms with Crippen molar-refractivity contribution in [1.29, 1.82) is 0 Å². The molecule has 0 unspecified atom stereocenters. The van der Waals surface area contributed by atoms with Gasteiger partial charge in [0, 0.05) is 25.9 Å². The van der Waals surface area contributed by atoms with Crippen molar-refractivity contribution in [3.63, 3.8) is 0 Å². The summed E-state index contributed by atoms with van der Waals surface area (Å²) in [5, 5.41) is 5.41. The van der Waals surface area contributed by atoms with E-state index in [1.54, 1.807) is 11.8 Å². The smallest absolute Gasteiger partial charge is 0.407 e. The van der Waals surface area contributed by atoms with E-state index >= 15 is 0 Å². The van der Waals surface area contributed by atoms with Crippen LogP contribution in [0.1, 0.15) is 131 Å². The molecule has 5 heterocycles. The highest BCUT2D eigenvalue weighted by molar-refractivity contribution is 5.88. The average Bonchev–Trinajstić information content (AvgIpc) is 3.86. The van der Waals surface area contributed by atoms with Crippen LogP contribution in [0.4, 0.5) is 15.3 Å². The first kappa shape index (κ1) is 44.1. The van der Waals surface area contributed by atoms with Gasteiger partial charge in [-0.2, -0.15) is 0 Å². The van der Waals surface area contributed by atoms with E-state index in [9.17, 15) is 19.2 Å². The van der Waals surface area contributed by atoms with Crippen LogP contribution >= 0.6 is 0 Å². The normalized spacial score (nSPS) is 22.4. The fourth-order valence-electron chi connectivity index (χ4n) is 10.4. The fourth-order valence-corrected chi connectivity index (χ4v) is 10.4. The summed E-state index contributed by atoms with van der Waals surface area (Å²) < 4.78 is 15.1. The van der Waals surface area contributed by atoms with Crippen LogP contribution in [-0.2, 0) is 23.8 Å². The third-order valence-corrected chi connectivity index (χ3v) is 14.1. The lowest BCUT2D eigenvalue weighted by molar-refractivity contribution is -0.137. The SMILES string of the molecule is COC(=O)N[C@H](C(=O)N1CCC[C@H]1c1nc2cc([C@@H]3CC[C@@H](c4ccc5[nH]c([C@@H]6CCCN6C(=O)[C@@H](NC(=O)OC)[C@@H](C)OC)nc5c4)N3c3ccc(C4CC4)cc3)ccc2[nH]1)C(C)C. The summed E-state index contributed by atoms with van der Waals surface area (Å²) in [7, 11) is 4.09. The second-order valence-corrected chi connectivity index (χ2v) is 18.5. The van der Waals surface area contributed by atoms with E-state index < -0.39 is 30.4 Å². The summed E-state index contributed by atoms with van der Waals surface area (Å²) >= 11 is 0. The molecule has 1 aliphatic carbocycles. The van der Waals surface area contributed by atoms with Gasteiger partial charge in [0.25, 0.3) is 0 Å². The van der Waals surface area contributed by atoms with Gasteiger partial charge >= 0.3 is 12.2 Å². The number of aromatic nitrogens is 4. The van der Waals surface area contributed by atoms with E-state index in [1.165, 1.54) is 45.3 Å². The topological polar surface area (TPSA) is 187 Å². The van der Waals surface area contributed by atoms with Gasteiger partial charge in [-0.15, -0.1) is 0 Å². The van der Waals surface area contributed by atoms with Crippen molar-refractivity contribution in [3.8, 4) is 0 Å². The summed E-state index contributed by atoms with van der Waals surface area (Å²) in [6.07, 6.45) is 5.62. The minimum atomic E-state index is -0.909. The highest BCUT2D eigenvalue weighted by Gasteiger charge is 2.41. The number of imidazole rings is 2. The summed E-state index contributed by atoms with van der Waals surface area (Å²) in [6, 6.07) is 20.1. The molecule has 3 aliphatic heterocycles. The number of methoxy groups -OCH3 is 3. The number of carbonyl (C=O) groups excluding carboxylic acids is 4. The quantitative estimate of drug-likeness (QED) is 0.0907. The Morgan fingerprint density at radius 2 is 1.09 bits per heavy atom. The lowest BCUT2D eigenvalue weighted by Gasteiger charge is -2.33. The molecular formula is C49H61N9O7. The van der Waals surface area contributed by atoms with E-state index in [1.807, 2.05) is 18.7 Å². The number of nitrogens with zero attached hydrogens (tertiary/aromatic N) is 5. The summed E-state index contributed by atoms with van der Waals surface area (Å²) in [5.74, 6) is 1.63. The minimum Gasteiger partial charge on any atom is -0.453 e. The predicted octanol–water partition coefficient (Wildman–Crippen LogP) is 7.87. The Labute approximate surface area is 379 Å². The molecule has 1 saturated carbocycles. The number of carbonyl (C=O) groups is 4. The number of benzene rings is 3. The van der Waals surface area contributed by atoms with E-state index in [2.05, 4.69) is 86.2 Å². The van der Waals surface area contributed by atoms with Gasteiger partial charge in [0.1, 0.15) is 23.7 Å². The third-order valence-electron chi connectivity index (χ3n) is 14.1. The van der Waals surface area contributed by atoms with Crippen LogP contribution in [0.15, 0.2) is 60.7 Å². The molecule has 4 fully saturated rings. The first-order chi connectivity index (χ1) is 31.5. The van der Waals surface area contributed by atoms with E-state index in [0.717, 1.165) is 83.5 Å². The number of H-pyrrole nitrogens is 2. The maximum atomic E-state index is 13.9. The molecule has 65 heavy (non-hydrogen) atoms. The molecule has 16 heteroatoms. The van der Waals surface area contributed by atoms with Crippen molar-refractivity contribution < 1.29 is 33.4 Å². The zero-order valence-corrected chi connectivity index (χ0v) is 38.1. The van der Waals surface area contributed by atoms with Crippen molar-refractivity contribution in [2.75, 3.05) is 39.3 Å². The van der Waals surface area contributed by atoms with Crippen molar-refractivity contribution in [3.05, 3.63) is 89.0 Å². The average molecular weight is 888 g/mol. The highest BCUT2D eigenvalue weighted by Crippen LogP contribution is 2.49. The second-order valence-electron chi connectivity index (χ2n) is 18.5. The van der Waals surface area contributed by atoms with Gasteiger partial charge in [0.15, 0.2) is 0 Å². The number of nitrogens with one attached hydrogen (secondary N) is 4. The number of alkyl carbamates (subject to hydrolysis) is 2. The number of fused-ring (bicyclic) bond motifs is 2. The Morgan fingerprint density at radius 1 is 0.615 bits per heavy atom. The van der Waals surface area contributed by atoms with Gasteiger partial charge in [0.2, 0.25) is 11.8 Å². The molecule has 7 atom stereocenters. The lowest BCUT2D eigenvalue weighted by Crippen LogP contribution is -2.54. The summed E-state index contributed by atoms with van der Waals surface area (Å²) in [5.41, 5.74) is 8.38. The lowest BCUT2D eigenvalue weighted by atomic mass is 10.0. The van der Waals surface area contributed by atoms with Gasteiger partial charge in [-0.3, -0.25) is 9.59 Å². The molecule has 2 aromatic heterocycles. The van der Waals surface area contributed by atoms with E-state index in [0.29, 0.717) is 19.0 Å². The van der Waals surface area contributed by atoms with E-state index in [-0.39, 0.29) is 41.9 Å². The van der Waals surface area contributed by atoms with Crippen LogP contribution in [0.25, 0.3) is 22.1 Å². The van der Waals surface area contributed by atoms with Gasteiger partial charge in [0.05, 0.1) is 66.6 Å². The van der Waals surface area contributed by atoms with Crippen molar-refractivity contribution >= 4 is 51.8 Å². The monoisotopic (exact) mass is 887 g/mol. The molecule has 344 valence electrons. The van der Waals surface area contributed by atoms with Gasteiger partial charge < -0.3 is 49.5 Å². The molecule has 4 aliphatic rings. The first-order valence-electron chi connectivity index (χ1n) is 23.2. The highest BCUT2D eigenvalue weighted by atomic mass is 16.5. The Kier molecular flexibility index (Phi) is 12.5. The molecule has 0 radical (unpaired) electrons. The Hall–Kier alpha value is -6.16. The largest absolute Gasteiger partial charge is 0.453 e. The van der Waals surface area contributed by atoms with Gasteiger partial charge in [-0.1, -0.05) is 38.1 Å². The van der Waals surface area contributed by atoms with Crippen molar-refractivity contribution in [1.82, 2.24) is 40.4 Å². The van der Waals surface area contributed by atoms with Crippen LogP contribution in [0.2, 0.25) is 0 Å². The van der Waals surface area contributed by atoms with Crippen molar-refractivity contribution in [2.24, 2.45) is 5.92 Å². The molecule has 0 bridgehead atoms. The maximum Gasteiger partial charge on any atom is 0.407 e. The van der Waals surface area contributed by atoms with Crippen LogP contribution in [0.5, 0.6) is 0 Å². The molecule has 3 saturated heterocycles. The van der Waals surface area contributed by atoms with Crippen LogP contribution < -0.4 is 15.5 Å². The second kappa shape index (κ2) is 18.4. The summed E-state index contributed by atoms with van der Waals surface area (Å²) in [4.78, 5) is 75.7. The van der Waals surface area contributed by atoms with E-state index in [4.69, 9.17) is 24.2 Å². The number of aromatic amines is 2. The first-order valence-corrected chi connectivity index (χ1v) is 23.2. The maximum absolute atomic E-state index is 13.9. The number of hydrogen-bond donors (Lipinski definition) is 4. The number of hydrogen-bond acceptors (Lipinski definition) is 10. The predicted molar refractivity (Wildman–Crippen MR) is 245 cm³/mol. The molecule has 5 aromatic rings. The number of likely N-dealkylation sites (tertiary alicyclic amines) is 2. The standard InChI is InChI=1S/C49H61N9O7/c1-27(2)42(54-48(61)64-5)46(59)56-23-7-9-40(56)44-50-34-19-15-31(25-36(34)52-44)38-21-22-39(58(38)33-17-13-30(14-18-33)29-11-12-29)32-16-20-35-37(26-32)53-45(51-35)41-10-8-24-57(41)47(60)43(28(3)63-4)55-49(62)65-6/h13-20,25-29,38-43H,7-12,21-24H2,1-6H3,(H,50,52)(H,51,53)(H,54,61)(H,55,62)/t28-,38+,39+,40+,41+,42+,43+/m1/s1. The number of anilines is 1.